The standard InChI is InChI=1S/C21H17N3O3/c1-13(25-2)26-21-11-19-17(10-15(21)12-22)20(6-8-24-19)27-16-3-4-18-14(9-16)5-7-23-18/h3-11,13,23H,1-2H3. The molecule has 27 heavy (non-hydrogen) atoms. The summed E-state index contributed by atoms with van der Waals surface area (Å²) in [6.07, 6.45) is 3.09. The van der Waals surface area contributed by atoms with Crippen LogP contribution in [0.15, 0.2) is 54.9 Å². The normalized spacial score (nSPS) is 12.0. The van der Waals surface area contributed by atoms with E-state index in [0.29, 0.717) is 28.3 Å². The van der Waals surface area contributed by atoms with E-state index in [1.54, 1.807) is 38.4 Å². The zero-order valence-corrected chi connectivity index (χ0v) is 14.9. The van der Waals surface area contributed by atoms with Gasteiger partial charge >= 0.3 is 0 Å². The summed E-state index contributed by atoms with van der Waals surface area (Å²) >= 11 is 0. The summed E-state index contributed by atoms with van der Waals surface area (Å²) in [6, 6.07) is 15.2. The molecule has 1 N–H and O–H groups in total. The number of hydrogen-bond donors (Lipinski definition) is 1. The third-order valence-corrected chi connectivity index (χ3v) is 4.30. The van der Waals surface area contributed by atoms with Gasteiger partial charge in [-0.25, -0.2) is 0 Å². The van der Waals surface area contributed by atoms with Gasteiger partial charge in [-0.2, -0.15) is 5.26 Å². The fraction of sp³-hybridized carbons (Fsp3) is 0.143. The number of pyridine rings is 1. The first-order valence-electron chi connectivity index (χ1n) is 8.45. The molecule has 4 aromatic rings. The van der Waals surface area contributed by atoms with Gasteiger partial charge in [0.25, 0.3) is 0 Å². The maximum atomic E-state index is 9.50. The predicted molar refractivity (Wildman–Crippen MR) is 102 cm³/mol. The Kier molecular flexibility index (Phi) is 4.37. The highest BCUT2D eigenvalue weighted by Gasteiger charge is 2.13. The summed E-state index contributed by atoms with van der Waals surface area (Å²) in [5.41, 5.74) is 2.11. The average molecular weight is 359 g/mol. The molecule has 1 unspecified atom stereocenters. The molecule has 0 amide bonds. The van der Waals surface area contributed by atoms with E-state index in [9.17, 15) is 5.26 Å². The first-order valence-corrected chi connectivity index (χ1v) is 8.45. The van der Waals surface area contributed by atoms with Crippen molar-refractivity contribution in [1.29, 1.82) is 5.26 Å². The smallest absolute Gasteiger partial charge is 0.196 e. The molecule has 6 heteroatoms. The number of nitrogens with zero attached hydrogens (tertiary/aromatic N) is 2. The van der Waals surface area contributed by atoms with Crippen LogP contribution in [-0.4, -0.2) is 23.4 Å². The maximum absolute atomic E-state index is 9.50. The summed E-state index contributed by atoms with van der Waals surface area (Å²) in [4.78, 5) is 7.54. The Balaban J connectivity index is 1.75. The fourth-order valence-electron chi connectivity index (χ4n) is 2.87. The van der Waals surface area contributed by atoms with E-state index in [4.69, 9.17) is 14.2 Å². The molecule has 4 rings (SSSR count). The third kappa shape index (κ3) is 3.28. The Morgan fingerprint density at radius 2 is 2.00 bits per heavy atom. The number of nitrogens with one attached hydrogen (secondary N) is 1. The van der Waals surface area contributed by atoms with Gasteiger partial charge in [0.2, 0.25) is 0 Å². The zero-order chi connectivity index (χ0) is 18.8. The Labute approximate surface area is 155 Å². The lowest BCUT2D eigenvalue weighted by Crippen LogP contribution is -2.14. The monoisotopic (exact) mass is 359 g/mol. The van der Waals surface area contributed by atoms with Gasteiger partial charge in [0.05, 0.1) is 11.1 Å². The van der Waals surface area contributed by atoms with Crippen molar-refractivity contribution in [1.82, 2.24) is 9.97 Å². The quantitative estimate of drug-likeness (QED) is 0.520. The predicted octanol–water partition coefficient (Wildman–Crippen LogP) is 4.75. The summed E-state index contributed by atoms with van der Waals surface area (Å²) < 4.78 is 16.9. The molecular formula is C21H17N3O3. The van der Waals surface area contributed by atoms with Crippen LogP contribution in [0.5, 0.6) is 17.2 Å². The number of aromatic amines is 1. The van der Waals surface area contributed by atoms with Crippen molar-refractivity contribution < 1.29 is 14.2 Å². The van der Waals surface area contributed by atoms with Crippen molar-refractivity contribution in [3.05, 3.63) is 60.4 Å². The molecule has 1 atom stereocenters. The molecule has 0 aliphatic heterocycles. The van der Waals surface area contributed by atoms with Crippen LogP contribution in [0.2, 0.25) is 0 Å². The molecule has 0 aliphatic rings. The summed E-state index contributed by atoms with van der Waals surface area (Å²) in [6.45, 7) is 1.76. The molecule has 0 bridgehead atoms. The highest BCUT2D eigenvalue weighted by Crippen LogP contribution is 2.34. The topological polar surface area (TPSA) is 80.2 Å². The van der Waals surface area contributed by atoms with E-state index in [2.05, 4.69) is 16.0 Å². The molecule has 2 heterocycles. The molecule has 0 fully saturated rings. The van der Waals surface area contributed by atoms with Crippen molar-refractivity contribution in [3.63, 3.8) is 0 Å². The third-order valence-electron chi connectivity index (χ3n) is 4.30. The second-order valence-corrected chi connectivity index (χ2v) is 6.04. The van der Waals surface area contributed by atoms with Crippen LogP contribution in [0.4, 0.5) is 0 Å². The average Bonchev–Trinajstić information content (AvgIpc) is 3.15. The van der Waals surface area contributed by atoms with Gasteiger partial charge in [0.15, 0.2) is 6.29 Å². The van der Waals surface area contributed by atoms with Gasteiger partial charge in [-0.3, -0.25) is 4.98 Å². The van der Waals surface area contributed by atoms with Crippen LogP contribution < -0.4 is 9.47 Å². The lowest BCUT2D eigenvalue weighted by molar-refractivity contribution is -0.0383. The van der Waals surface area contributed by atoms with Gasteiger partial charge in [0.1, 0.15) is 23.3 Å². The Morgan fingerprint density at radius 1 is 1.11 bits per heavy atom. The van der Waals surface area contributed by atoms with Crippen LogP contribution in [0.1, 0.15) is 12.5 Å². The van der Waals surface area contributed by atoms with Crippen LogP contribution in [-0.2, 0) is 4.74 Å². The number of fused-ring (bicyclic) bond motifs is 2. The molecule has 0 radical (unpaired) electrons. The largest absolute Gasteiger partial charge is 0.464 e. The van der Waals surface area contributed by atoms with E-state index in [-0.39, 0.29) is 0 Å². The molecule has 6 nitrogen and oxygen atoms in total. The number of hydrogen-bond acceptors (Lipinski definition) is 5. The number of benzene rings is 2. The lowest BCUT2D eigenvalue weighted by atomic mass is 10.1. The minimum atomic E-state index is -0.470. The van der Waals surface area contributed by atoms with Crippen LogP contribution in [0.3, 0.4) is 0 Å². The number of rotatable bonds is 5. The van der Waals surface area contributed by atoms with Crippen LogP contribution in [0.25, 0.3) is 21.8 Å². The summed E-state index contributed by atoms with van der Waals surface area (Å²) in [5, 5.41) is 11.3. The number of ether oxygens (including phenoxy) is 3. The van der Waals surface area contributed by atoms with E-state index in [1.807, 2.05) is 30.5 Å². The van der Waals surface area contributed by atoms with E-state index in [1.165, 1.54) is 0 Å². The van der Waals surface area contributed by atoms with Crippen molar-refractivity contribution in [3.8, 4) is 23.3 Å². The summed E-state index contributed by atoms with van der Waals surface area (Å²) in [5.74, 6) is 1.76. The maximum Gasteiger partial charge on any atom is 0.196 e. The number of nitriles is 1. The van der Waals surface area contributed by atoms with Crippen molar-refractivity contribution in [2.75, 3.05) is 7.11 Å². The van der Waals surface area contributed by atoms with E-state index in [0.717, 1.165) is 16.3 Å². The van der Waals surface area contributed by atoms with Crippen molar-refractivity contribution >= 4 is 21.8 Å². The Bertz CT molecular complexity index is 1160. The van der Waals surface area contributed by atoms with Gasteiger partial charge in [-0.1, -0.05) is 0 Å². The van der Waals surface area contributed by atoms with Gasteiger partial charge < -0.3 is 19.2 Å². The van der Waals surface area contributed by atoms with Crippen LogP contribution in [0, 0.1) is 11.3 Å². The number of H-pyrrole nitrogens is 1. The minimum Gasteiger partial charge on any atom is -0.464 e. The van der Waals surface area contributed by atoms with Gasteiger partial charge in [-0.05, 0) is 43.3 Å². The second kappa shape index (κ2) is 6.98. The molecule has 0 saturated carbocycles. The number of methoxy groups -OCH3 is 1. The second-order valence-electron chi connectivity index (χ2n) is 6.04. The molecule has 2 aromatic carbocycles. The first-order chi connectivity index (χ1) is 13.2. The van der Waals surface area contributed by atoms with Gasteiger partial charge in [-0.15, -0.1) is 0 Å². The minimum absolute atomic E-state index is 0.394. The first kappa shape index (κ1) is 16.9. The van der Waals surface area contributed by atoms with Crippen LogP contribution >= 0.6 is 0 Å². The Hall–Kier alpha value is -3.56. The van der Waals surface area contributed by atoms with Crippen molar-refractivity contribution in [2.45, 2.75) is 13.2 Å². The SMILES string of the molecule is COC(C)Oc1cc2nccc(Oc3ccc4[nH]ccc4c3)c2cc1C#N. The molecular weight excluding hydrogens is 342 g/mol. The highest BCUT2D eigenvalue weighted by molar-refractivity contribution is 5.88. The lowest BCUT2D eigenvalue weighted by Gasteiger charge is -2.15. The van der Waals surface area contributed by atoms with Crippen molar-refractivity contribution in [2.24, 2.45) is 0 Å². The fourth-order valence-corrected chi connectivity index (χ4v) is 2.87. The molecule has 2 aromatic heterocycles. The molecule has 0 saturated heterocycles. The number of aromatic nitrogens is 2. The van der Waals surface area contributed by atoms with E-state index >= 15 is 0 Å². The van der Waals surface area contributed by atoms with Gasteiger partial charge in [0, 0.05) is 41.9 Å². The van der Waals surface area contributed by atoms with E-state index < -0.39 is 6.29 Å². The zero-order valence-electron chi connectivity index (χ0n) is 14.9. The molecule has 134 valence electrons. The molecule has 0 aliphatic carbocycles. The summed E-state index contributed by atoms with van der Waals surface area (Å²) in [7, 11) is 1.54. The Morgan fingerprint density at radius 3 is 2.81 bits per heavy atom. The molecule has 0 spiro atoms. The highest BCUT2D eigenvalue weighted by atomic mass is 16.7.